The Balaban J connectivity index is 1.49. The first kappa shape index (κ1) is 18.6. The maximum absolute atomic E-state index is 12.9. The first-order valence-corrected chi connectivity index (χ1v) is 9.76. The Kier molecular flexibility index (Phi) is 5.95. The molecule has 5 heteroatoms. The Bertz CT molecular complexity index is 918. The lowest BCUT2D eigenvalue weighted by Crippen LogP contribution is -2.43. The zero-order valence-electron chi connectivity index (χ0n) is 15.9. The van der Waals surface area contributed by atoms with Crippen molar-refractivity contribution in [2.24, 2.45) is 0 Å². The number of para-hydroxylation sites is 1. The lowest BCUT2D eigenvalue weighted by molar-refractivity contribution is -0.121. The molecule has 0 spiro atoms. The Labute approximate surface area is 165 Å². The summed E-state index contributed by atoms with van der Waals surface area (Å²) in [5.41, 5.74) is 2.97. The highest BCUT2D eigenvalue weighted by Gasteiger charge is 2.20. The number of carbonyl (C=O) groups excluding carboxylic acids is 1. The number of ether oxygens (including phenoxy) is 1. The fourth-order valence-corrected chi connectivity index (χ4v) is 3.69. The van der Waals surface area contributed by atoms with Gasteiger partial charge in [-0.25, -0.2) is 0 Å². The molecule has 0 aliphatic carbocycles. The second-order valence-electron chi connectivity index (χ2n) is 7.11. The van der Waals surface area contributed by atoms with E-state index >= 15 is 0 Å². The fourth-order valence-electron chi connectivity index (χ4n) is 3.69. The van der Waals surface area contributed by atoms with Crippen molar-refractivity contribution in [2.75, 3.05) is 32.8 Å². The molecule has 1 aliphatic rings. The second kappa shape index (κ2) is 8.95. The monoisotopic (exact) mass is 375 g/mol. The van der Waals surface area contributed by atoms with E-state index < -0.39 is 0 Å². The lowest BCUT2D eigenvalue weighted by atomic mass is 10.0. The highest BCUT2D eigenvalue weighted by molar-refractivity contribution is 5.87. The first-order valence-electron chi connectivity index (χ1n) is 9.76. The van der Waals surface area contributed by atoms with Gasteiger partial charge >= 0.3 is 0 Å². The van der Waals surface area contributed by atoms with Gasteiger partial charge in [-0.3, -0.25) is 14.7 Å². The third-order valence-corrected chi connectivity index (χ3v) is 5.15. The minimum atomic E-state index is -0.0465. The average Bonchev–Trinajstić information content (AvgIpc) is 2.75. The van der Waals surface area contributed by atoms with Crippen LogP contribution in [0.3, 0.4) is 0 Å². The largest absolute Gasteiger partial charge is 0.379 e. The van der Waals surface area contributed by atoms with Crippen molar-refractivity contribution in [3.63, 3.8) is 0 Å². The summed E-state index contributed by atoms with van der Waals surface area (Å²) in [4.78, 5) is 19.7. The van der Waals surface area contributed by atoms with Crippen LogP contribution in [0, 0.1) is 0 Å². The number of hydrogen-bond donors (Lipinski definition) is 1. The van der Waals surface area contributed by atoms with E-state index in [4.69, 9.17) is 4.74 Å². The molecule has 5 nitrogen and oxygen atoms in total. The number of amides is 1. The molecule has 28 heavy (non-hydrogen) atoms. The average molecular weight is 375 g/mol. The molecule has 0 bridgehead atoms. The molecule has 1 N–H and O–H groups in total. The van der Waals surface area contributed by atoms with Crippen molar-refractivity contribution in [3.05, 3.63) is 78.0 Å². The Hall–Kier alpha value is -2.76. The number of fused-ring (bicyclic) bond motifs is 1. The van der Waals surface area contributed by atoms with Crippen molar-refractivity contribution >= 4 is 16.8 Å². The van der Waals surface area contributed by atoms with Gasteiger partial charge in [-0.1, -0.05) is 54.6 Å². The molecule has 1 aliphatic heterocycles. The van der Waals surface area contributed by atoms with Gasteiger partial charge in [-0.15, -0.1) is 0 Å². The number of morpholine rings is 1. The van der Waals surface area contributed by atoms with Gasteiger partial charge in [0.1, 0.15) is 0 Å². The third kappa shape index (κ3) is 4.55. The van der Waals surface area contributed by atoms with Crippen LogP contribution in [-0.4, -0.2) is 48.6 Å². The highest BCUT2D eigenvalue weighted by atomic mass is 16.5. The summed E-state index contributed by atoms with van der Waals surface area (Å²) in [7, 11) is 0. The number of rotatable bonds is 6. The van der Waals surface area contributed by atoms with Gasteiger partial charge in [-0.2, -0.15) is 0 Å². The van der Waals surface area contributed by atoms with Gasteiger partial charge < -0.3 is 10.1 Å². The molecule has 1 aromatic heterocycles. The number of benzene rings is 2. The van der Waals surface area contributed by atoms with Crippen LogP contribution in [-0.2, 0) is 16.0 Å². The van der Waals surface area contributed by atoms with E-state index in [1.807, 2.05) is 48.5 Å². The SMILES string of the molecule is O=C(Cc1cccc2cccnc12)N[C@H](CN1CCOCC1)c1ccccc1. The van der Waals surface area contributed by atoms with Gasteiger partial charge in [0.25, 0.3) is 0 Å². The predicted octanol–water partition coefficient (Wildman–Crippen LogP) is 2.97. The molecule has 1 atom stereocenters. The van der Waals surface area contributed by atoms with E-state index in [1.165, 1.54) is 0 Å². The van der Waals surface area contributed by atoms with Gasteiger partial charge in [0.05, 0.1) is 31.2 Å². The quantitative estimate of drug-likeness (QED) is 0.720. The normalized spacial score (nSPS) is 16.0. The van der Waals surface area contributed by atoms with Crippen molar-refractivity contribution in [1.82, 2.24) is 15.2 Å². The van der Waals surface area contributed by atoms with Crippen LogP contribution in [0.1, 0.15) is 17.2 Å². The molecule has 1 amide bonds. The van der Waals surface area contributed by atoms with Gasteiger partial charge in [-0.05, 0) is 17.2 Å². The summed E-state index contributed by atoms with van der Waals surface area (Å²) in [6.07, 6.45) is 2.09. The van der Waals surface area contributed by atoms with E-state index in [1.54, 1.807) is 6.20 Å². The minimum absolute atomic E-state index is 0.0141. The molecule has 2 aromatic carbocycles. The summed E-state index contributed by atoms with van der Waals surface area (Å²) < 4.78 is 5.45. The van der Waals surface area contributed by atoms with Gasteiger partial charge in [0.2, 0.25) is 5.91 Å². The van der Waals surface area contributed by atoms with E-state index in [9.17, 15) is 4.79 Å². The molecule has 2 heterocycles. The topological polar surface area (TPSA) is 54.5 Å². The summed E-state index contributed by atoms with van der Waals surface area (Å²) in [5.74, 6) is 0.0141. The van der Waals surface area contributed by atoms with Crippen molar-refractivity contribution in [2.45, 2.75) is 12.5 Å². The lowest BCUT2D eigenvalue weighted by Gasteiger charge is -2.31. The molecule has 0 saturated carbocycles. The Morgan fingerprint density at radius 2 is 1.82 bits per heavy atom. The van der Waals surface area contributed by atoms with Gasteiger partial charge in [0, 0.05) is 31.2 Å². The second-order valence-corrected chi connectivity index (χ2v) is 7.11. The van der Waals surface area contributed by atoms with Crippen LogP contribution in [0.4, 0.5) is 0 Å². The van der Waals surface area contributed by atoms with Crippen molar-refractivity contribution in [1.29, 1.82) is 0 Å². The first-order chi connectivity index (χ1) is 13.8. The van der Waals surface area contributed by atoms with Crippen molar-refractivity contribution in [3.8, 4) is 0 Å². The zero-order valence-corrected chi connectivity index (χ0v) is 15.9. The van der Waals surface area contributed by atoms with Crippen LogP contribution in [0.5, 0.6) is 0 Å². The fraction of sp³-hybridized carbons (Fsp3) is 0.304. The molecule has 4 rings (SSSR count). The molecule has 1 saturated heterocycles. The van der Waals surface area contributed by atoms with E-state index in [2.05, 4.69) is 27.3 Å². The summed E-state index contributed by atoms with van der Waals surface area (Å²) in [6, 6.07) is 20.1. The molecule has 0 unspecified atom stereocenters. The summed E-state index contributed by atoms with van der Waals surface area (Å²) in [6.45, 7) is 4.07. The Morgan fingerprint density at radius 3 is 2.64 bits per heavy atom. The number of carbonyl (C=O) groups is 1. The zero-order chi connectivity index (χ0) is 19.2. The molecule has 0 radical (unpaired) electrons. The van der Waals surface area contributed by atoms with E-state index in [-0.39, 0.29) is 11.9 Å². The van der Waals surface area contributed by atoms with Gasteiger partial charge in [0.15, 0.2) is 0 Å². The molecule has 144 valence electrons. The van der Waals surface area contributed by atoms with Crippen LogP contribution in [0.15, 0.2) is 66.9 Å². The molecule has 1 fully saturated rings. The number of aromatic nitrogens is 1. The van der Waals surface area contributed by atoms with Crippen LogP contribution in [0.25, 0.3) is 10.9 Å². The standard InChI is InChI=1S/C23H25N3O2/c27-22(16-20-9-4-8-19-10-5-11-24-23(19)20)25-21(18-6-2-1-3-7-18)17-26-12-14-28-15-13-26/h1-11,21H,12-17H2,(H,25,27)/t21-/m1/s1. The number of nitrogens with one attached hydrogen (secondary N) is 1. The molecule has 3 aromatic rings. The van der Waals surface area contributed by atoms with Crippen LogP contribution >= 0.6 is 0 Å². The third-order valence-electron chi connectivity index (χ3n) is 5.15. The maximum Gasteiger partial charge on any atom is 0.225 e. The minimum Gasteiger partial charge on any atom is -0.379 e. The smallest absolute Gasteiger partial charge is 0.225 e. The summed E-state index contributed by atoms with van der Waals surface area (Å²) in [5, 5.41) is 4.30. The van der Waals surface area contributed by atoms with Crippen molar-refractivity contribution < 1.29 is 9.53 Å². The number of pyridine rings is 1. The Morgan fingerprint density at radius 1 is 1.04 bits per heavy atom. The molecular formula is C23H25N3O2. The highest BCUT2D eigenvalue weighted by Crippen LogP contribution is 2.18. The number of hydrogen-bond acceptors (Lipinski definition) is 4. The van der Waals surface area contributed by atoms with E-state index in [0.717, 1.165) is 54.9 Å². The van der Waals surface area contributed by atoms with E-state index in [0.29, 0.717) is 6.42 Å². The van der Waals surface area contributed by atoms with Crippen LogP contribution < -0.4 is 5.32 Å². The summed E-state index contributed by atoms with van der Waals surface area (Å²) >= 11 is 0. The number of nitrogens with zero attached hydrogens (tertiary/aromatic N) is 2. The van der Waals surface area contributed by atoms with Crippen LogP contribution in [0.2, 0.25) is 0 Å². The predicted molar refractivity (Wildman–Crippen MR) is 110 cm³/mol. The molecular weight excluding hydrogens is 350 g/mol. The maximum atomic E-state index is 12.9.